The minimum atomic E-state index is -4.02. The van der Waals surface area contributed by atoms with Crippen molar-refractivity contribution in [2.45, 2.75) is 4.21 Å². The van der Waals surface area contributed by atoms with Crippen LogP contribution in [0.4, 0.5) is 5.95 Å². The first-order chi connectivity index (χ1) is 8.00. The van der Waals surface area contributed by atoms with Crippen molar-refractivity contribution < 1.29 is 18.3 Å². The molecule has 90 valence electrons. The van der Waals surface area contributed by atoms with E-state index in [1.54, 1.807) is 0 Å². The Bertz CT molecular complexity index is 631. The van der Waals surface area contributed by atoms with Gasteiger partial charge in [0.15, 0.2) is 9.90 Å². The minimum Gasteiger partial charge on any atom is -0.476 e. The minimum absolute atomic E-state index is 0.102. The molecule has 9 nitrogen and oxygen atoms in total. The fraction of sp³-hybridized carbons (Fsp3) is 0. The molecule has 11 heteroatoms. The molecule has 0 saturated heterocycles. The summed E-state index contributed by atoms with van der Waals surface area (Å²) in [4.78, 5) is 17.8. The van der Waals surface area contributed by atoms with Gasteiger partial charge in [0.25, 0.3) is 10.0 Å². The van der Waals surface area contributed by atoms with Crippen LogP contribution in [0.5, 0.6) is 0 Å². The first-order valence-corrected chi connectivity index (χ1v) is 6.42. The molecular weight excluding hydrogens is 270 g/mol. The van der Waals surface area contributed by atoms with Gasteiger partial charge in [-0.3, -0.25) is 0 Å². The van der Waals surface area contributed by atoms with Gasteiger partial charge in [0.05, 0.1) is 5.51 Å². The van der Waals surface area contributed by atoms with E-state index in [-0.39, 0.29) is 10.2 Å². The highest BCUT2D eigenvalue weighted by atomic mass is 32.2. The summed E-state index contributed by atoms with van der Waals surface area (Å²) in [5.41, 5.74) is 0.611. The number of carboxylic acids is 1. The van der Waals surface area contributed by atoms with Crippen molar-refractivity contribution in [1.82, 2.24) is 20.2 Å². The molecule has 0 bridgehead atoms. The zero-order valence-electron chi connectivity index (χ0n) is 7.98. The lowest BCUT2D eigenvalue weighted by atomic mass is 10.5. The zero-order valence-corrected chi connectivity index (χ0v) is 9.62. The third-order valence-corrected chi connectivity index (χ3v) is 4.34. The van der Waals surface area contributed by atoms with Gasteiger partial charge in [-0.05, 0) is 0 Å². The Morgan fingerprint density at radius 3 is 2.82 bits per heavy atom. The molecule has 0 spiro atoms. The molecule has 17 heavy (non-hydrogen) atoms. The fourth-order valence-electron chi connectivity index (χ4n) is 0.997. The van der Waals surface area contributed by atoms with Crippen LogP contribution in [-0.4, -0.2) is 39.7 Å². The van der Waals surface area contributed by atoms with Crippen LogP contribution in [0.15, 0.2) is 16.0 Å². The highest BCUT2D eigenvalue weighted by Crippen LogP contribution is 2.21. The predicted octanol–water partition coefficient (Wildman–Crippen LogP) is -0.240. The van der Waals surface area contributed by atoms with Crippen LogP contribution in [0, 0.1) is 0 Å². The number of hydrogen-bond acceptors (Lipinski definition) is 7. The van der Waals surface area contributed by atoms with Crippen LogP contribution in [-0.2, 0) is 10.0 Å². The number of H-pyrrole nitrogens is 1. The van der Waals surface area contributed by atoms with Gasteiger partial charge in [-0.15, -0.1) is 11.3 Å². The van der Waals surface area contributed by atoms with Gasteiger partial charge >= 0.3 is 5.97 Å². The number of aromatic carboxylic acids is 1. The van der Waals surface area contributed by atoms with E-state index in [1.807, 2.05) is 4.72 Å². The highest BCUT2D eigenvalue weighted by Gasteiger charge is 2.26. The number of nitrogens with one attached hydrogen (secondary N) is 2. The van der Waals surface area contributed by atoms with E-state index < -0.39 is 21.7 Å². The summed E-state index contributed by atoms with van der Waals surface area (Å²) in [6.07, 6.45) is 1.11. The molecule has 0 aliphatic rings. The molecule has 0 unspecified atom stereocenters. The molecule has 2 aromatic heterocycles. The average molecular weight is 275 g/mol. The number of sulfonamides is 1. The number of hydrogen-bond donors (Lipinski definition) is 3. The first-order valence-electron chi connectivity index (χ1n) is 4.05. The maximum absolute atomic E-state index is 11.8. The number of carboxylic acid groups (broad SMARTS) is 1. The Labute approximate surface area is 98.6 Å². The number of carbonyl (C=O) groups is 1. The molecule has 0 fully saturated rings. The van der Waals surface area contributed by atoms with Crippen molar-refractivity contribution in [2.75, 3.05) is 4.72 Å². The molecule has 2 heterocycles. The van der Waals surface area contributed by atoms with Crippen molar-refractivity contribution in [3.05, 3.63) is 17.5 Å². The Balaban J connectivity index is 2.38. The normalized spacial score (nSPS) is 11.3. The number of rotatable bonds is 4. The number of thiazole rings is 1. The van der Waals surface area contributed by atoms with Crippen molar-refractivity contribution in [1.29, 1.82) is 0 Å². The van der Waals surface area contributed by atoms with Crippen LogP contribution >= 0.6 is 11.3 Å². The van der Waals surface area contributed by atoms with Crippen LogP contribution in [0.2, 0.25) is 0 Å². The lowest BCUT2D eigenvalue weighted by Gasteiger charge is -2.02. The lowest BCUT2D eigenvalue weighted by molar-refractivity contribution is 0.0687. The van der Waals surface area contributed by atoms with Gasteiger partial charge in [-0.2, -0.15) is 10.1 Å². The predicted molar refractivity (Wildman–Crippen MR) is 56.3 cm³/mol. The summed E-state index contributed by atoms with van der Waals surface area (Å²) in [6, 6.07) is 0. The highest BCUT2D eigenvalue weighted by molar-refractivity contribution is 7.94. The van der Waals surface area contributed by atoms with Gasteiger partial charge in [-0.1, -0.05) is 0 Å². The smallest absolute Gasteiger partial charge is 0.356 e. The third-order valence-electron chi connectivity index (χ3n) is 1.63. The van der Waals surface area contributed by atoms with E-state index in [4.69, 9.17) is 5.11 Å². The van der Waals surface area contributed by atoms with Gasteiger partial charge < -0.3 is 5.11 Å². The maximum Gasteiger partial charge on any atom is 0.356 e. The second-order valence-corrected chi connectivity index (χ2v) is 5.47. The van der Waals surface area contributed by atoms with E-state index >= 15 is 0 Å². The molecule has 0 saturated carbocycles. The number of aromatic nitrogens is 4. The second kappa shape index (κ2) is 4.10. The Hall–Kier alpha value is -2.01. The van der Waals surface area contributed by atoms with Crippen LogP contribution < -0.4 is 4.72 Å². The van der Waals surface area contributed by atoms with Crippen LogP contribution in [0.3, 0.4) is 0 Å². The quantitative estimate of drug-likeness (QED) is 0.699. The van der Waals surface area contributed by atoms with Gasteiger partial charge in [0.2, 0.25) is 5.95 Å². The molecule has 0 amide bonds. The number of aromatic amines is 1. The standard InChI is InChI=1S/C6H5N5O4S2/c12-4(13)3-5(16-2-8-3)17(14,15)11-6-7-1-9-10-6/h1-2H,(H,12,13)(H2,7,9,10,11). The van der Waals surface area contributed by atoms with E-state index in [1.165, 1.54) is 0 Å². The molecule has 2 rings (SSSR count). The average Bonchev–Trinajstić information content (AvgIpc) is 2.84. The molecule has 0 aromatic carbocycles. The van der Waals surface area contributed by atoms with E-state index in [2.05, 4.69) is 20.2 Å². The largest absolute Gasteiger partial charge is 0.476 e. The molecule has 2 aromatic rings. The molecular formula is C6H5N5O4S2. The molecule has 0 aliphatic heterocycles. The summed E-state index contributed by atoms with van der Waals surface area (Å²) in [5, 5.41) is 14.5. The van der Waals surface area contributed by atoms with E-state index in [9.17, 15) is 13.2 Å². The SMILES string of the molecule is O=C(O)c1ncsc1S(=O)(=O)Nc1ncn[nH]1. The topological polar surface area (TPSA) is 138 Å². The maximum atomic E-state index is 11.8. The monoisotopic (exact) mass is 275 g/mol. The summed E-state index contributed by atoms with van der Waals surface area (Å²) in [7, 11) is -4.02. The lowest BCUT2D eigenvalue weighted by Crippen LogP contribution is -2.16. The summed E-state index contributed by atoms with van der Waals surface area (Å²) < 4.78 is 25.2. The van der Waals surface area contributed by atoms with E-state index in [0.29, 0.717) is 11.3 Å². The number of anilines is 1. The fourth-order valence-corrected chi connectivity index (χ4v) is 3.10. The Morgan fingerprint density at radius 2 is 2.24 bits per heavy atom. The Kier molecular flexibility index (Phi) is 2.77. The van der Waals surface area contributed by atoms with Crippen LogP contribution in [0.1, 0.15) is 10.5 Å². The second-order valence-electron chi connectivity index (χ2n) is 2.73. The summed E-state index contributed by atoms with van der Waals surface area (Å²) in [6.45, 7) is 0. The number of nitrogens with zero attached hydrogens (tertiary/aromatic N) is 3. The molecule has 3 N–H and O–H groups in total. The van der Waals surface area contributed by atoms with Crippen LogP contribution in [0.25, 0.3) is 0 Å². The van der Waals surface area contributed by atoms with Gasteiger partial charge in [-0.25, -0.2) is 28.0 Å². The van der Waals surface area contributed by atoms with Crippen molar-refractivity contribution in [2.24, 2.45) is 0 Å². The molecule has 0 atom stereocenters. The first kappa shape index (κ1) is 11.5. The third kappa shape index (κ3) is 2.24. The summed E-state index contributed by atoms with van der Waals surface area (Å²) in [5.74, 6) is -1.51. The van der Waals surface area contributed by atoms with Crippen molar-refractivity contribution in [3.8, 4) is 0 Å². The van der Waals surface area contributed by atoms with Crippen molar-refractivity contribution >= 4 is 33.3 Å². The molecule has 0 aliphatic carbocycles. The van der Waals surface area contributed by atoms with Gasteiger partial charge in [0.1, 0.15) is 6.33 Å². The van der Waals surface area contributed by atoms with Gasteiger partial charge in [0, 0.05) is 0 Å². The van der Waals surface area contributed by atoms with E-state index in [0.717, 1.165) is 11.8 Å². The van der Waals surface area contributed by atoms with Crippen molar-refractivity contribution in [3.63, 3.8) is 0 Å². The molecule has 0 radical (unpaired) electrons. The Morgan fingerprint density at radius 1 is 1.47 bits per heavy atom. The zero-order chi connectivity index (χ0) is 12.5. The summed E-state index contributed by atoms with van der Waals surface area (Å²) >= 11 is 0.702.